The van der Waals surface area contributed by atoms with Gasteiger partial charge in [0.2, 0.25) is 0 Å². The molecule has 0 radical (unpaired) electrons. The first-order valence-corrected chi connectivity index (χ1v) is 9.00. The fourth-order valence-corrected chi connectivity index (χ4v) is 3.85. The predicted molar refractivity (Wildman–Crippen MR) is 90.3 cm³/mol. The first-order chi connectivity index (χ1) is 10.2. The number of primary amides is 1. The van der Waals surface area contributed by atoms with Crippen LogP contribution in [0.3, 0.4) is 0 Å². The molecule has 1 aromatic carbocycles. The molecule has 116 valence electrons. The van der Waals surface area contributed by atoms with Crippen molar-refractivity contribution in [1.82, 2.24) is 4.90 Å². The zero-order valence-corrected chi connectivity index (χ0v) is 13.6. The van der Waals surface area contributed by atoms with Gasteiger partial charge in [-0.1, -0.05) is 37.3 Å². The number of hydrogen-bond acceptors (Lipinski definition) is 2. The van der Waals surface area contributed by atoms with Gasteiger partial charge in [-0.2, -0.15) is 11.8 Å². The standard InChI is InChI=1S/C17H26N2OS/c1-14-7-9-16(10-8-14)19(17(18)20)11-12-21-13-15-5-3-2-4-6-15/h2-6,14,16H,7-13H2,1H3,(H2,18,20). The number of amides is 2. The summed E-state index contributed by atoms with van der Waals surface area (Å²) in [6, 6.07) is 10.5. The van der Waals surface area contributed by atoms with Crippen molar-refractivity contribution < 1.29 is 4.79 Å². The van der Waals surface area contributed by atoms with Crippen molar-refractivity contribution in [2.45, 2.75) is 44.4 Å². The van der Waals surface area contributed by atoms with Gasteiger partial charge in [-0.25, -0.2) is 4.79 Å². The van der Waals surface area contributed by atoms with Crippen LogP contribution in [0, 0.1) is 5.92 Å². The van der Waals surface area contributed by atoms with Gasteiger partial charge in [0.15, 0.2) is 0 Å². The second kappa shape index (κ2) is 8.32. The molecule has 0 aromatic heterocycles. The monoisotopic (exact) mass is 306 g/mol. The maximum Gasteiger partial charge on any atom is 0.315 e. The van der Waals surface area contributed by atoms with E-state index in [1.807, 2.05) is 22.7 Å². The fourth-order valence-electron chi connectivity index (χ4n) is 2.95. The Kier molecular flexibility index (Phi) is 6.43. The molecule has 1 aliphatic carbocycles. The molecule has 0 aliphatic heterocycles. The van der Waals surface area contributed by atoms with Crippen molar-refractivity contribution in [1.29, 1.82) is 0 Å². The summed E-state index contributed by atoms with van der Waals surface area (Å²) in [5.74, 6) is 2.74. The lowest BCUT2D eigenvalue weighted by atomic mass is 9.87. The van der Waals surface area contributed by atoms with Crippen LogP contribution >= 0.6 is 11.8 Å². The van der Waals surface area contributed by atoms with Crippen LogP contribution < -0.4 is 5.73 Å². The van der Waals surface area contributed by atoms with E-state index in [1.165, 1.54) is 18.4 Å². The SMILES string of the molecule is CC1CCC(N(CCSCc2ccccc2)C(N)=O)CC1. The van der Waals surface area contributed by atoms with Gasteiger partial charge >= 0.3 is 6.03 Å². The summed E-state index contributed by atoms with van der Waals surface area (Å²) in [5, 5.41) is 0. The van der Waals surface area contributed by atoms with Crippen LogP contribution in [0.5, 0.6) is 0 Å². The Hall–Kier alpha value is -1.16. The summed E-state index contributed by atoms with van der Waals surface area (Å²) >= 11 is 1.87. The van der Waals surface area contributed by atoms with E-state index in [4.69, 9.17) is 5.73 Å². The van der Waals surface area contributed by atoms with E-state index in [2.05, 4.69) is 31.2 Å². The highest BCUT2D eigenvalue weighted by atomic mass is 32.2. The Balaban J connectivity index is 1.74. The average Bonchev–Trinajstić information content (AvgIpc) is 2.49. The summed E-state index contributed by atoms with van der Waals surface area (Å²) in [6.07, 6.45) is 4.64. The van der Waals surface area contributed by atoms with Crippen LogP contribution in [0.2, 0.25) is 0 Å². The molecule has 3 nitrogen and oxygen atoms in total. The fraction of sp³-hybridized carbons (Fsp3) is 0.588. The molecule has 4 heteroatoms. The molecule has 1 fully saturated rings. The lowest BCUT2D eigenvalue weighted by molar-refractivity contribution is 0.158. The highest BCUT2D eigenvalue weighted by Crippen LogP contribution is 2.27. The zero-order valence-electron chi connectivity index (χ0n) is 12.8. The van der Waals surface area contributed by atoms with Crippen molar-refractivity contribution in [3.63, 3.8) is 0 Å². The first kappa shape index (κ1) is 16.2. The third kappa shape index (κ3) is 5.27. The van der Waals surface area contributed by atoms with Gasteiger partial charge in [0.1, 0.15) is 0 Å². The minimum absolute atomic E-state index is 0.255. The largest absolute Gasteiger partial charge is 0.351 e. The summed E-state index contributed by atoms with van der Waals surface area (Å²) in [5.41, 5.74) is 6.91. The number of hydrogen-bond donors (Lipinski definition) is 1. The second-order valence-electron chi connectivity index (χ2n) is 5.98. The minimum atomic E-state index is -0.255. The Morgan fingerprint density at radius 3 is 2.52 bits per heavy atom. The van der Waals surface area contributed by atoms with Gasteiger partial charge in [0.05, 0.1) is 0 Å². The summed E-state index contributed by atoms with van der Waals surface area (Å²) < 4.78 is 0. The summed E-state index contributed by atoms with van der Waals surface area (Å²) in [7, 11) is 0. The van der Waals surface area contributed by atoms with Crippen LogP contribution in [0.15, 0.2) is 30.3 Å². The van der Waals surface area contributed by atoms with E-state index < -0.39 is 0 Å². The van der Waals surface area contributed by atoms with Crippen LogP contribution in [0.1, 0.15) is 38.2 Å². The summed E-state index contributed by atoms with van der Waals surface area (Å²) in [4.78, 5) is 13.6. The maximum absolute atomic E-state index is 11.7. The first-order valence-electron chi connectivity index (χ1n) is 7.84. The van der Waals surface area contributed by atoms with E-state index in [1.54, 1.807) is 0 Å². The van der Waals surface area contributed by atoms with E-state index in [0.29, 0.717) is 6.04 Å². The van der Waals surface area contributed by atoms with E-state index in [9.17, 15) is 4.79 Å². The molecular weight excluding hydrogens is 280 g/mol. The molecule has 2 amide bonds. The number of rotatable bonds is 6. The van der Waals surface area contributed by atoms with Gasteiger partial charge < -0.3 is 10.6 Å². The van der Waals surface area contributed by atoms with E-state index >= 15 is 0 Å². The zero-order chi connectivity index (χ0) is 15.1. The Bertz CT molecular complexity index is 430. The molecule has 1 aromatic rings. The molecule has 2 N–H and O–H groups in total. The Morgan fingerprint density at radius 2 is 1.90 bits per heavy atom. The molecule has 0 atom stereocenters. The van der Waals surface area contributed by atoms with E-state index in [0.717, 1.165) is 36.8 Å². The summed E-state index contributed by atoms with van der Waals surface area (Å²) in [6.45, 7) is 3.06. The Labute approximate surface area is 132 Å². The number of thioether (sulfide) groups is 1. The van der Waals surface area contributed by atoms with Crippen LogP contribution in [0.25, 0.3) is 0 Å². The van der Waals surface area contributed by atoms with E-state index in [-0.39, 0.29) is 6.03 Å². The lowest BCUT2D eigenvalue weighted by Crippen LogP contribution is -2.46. The Morgan fingerprint density at radius 1 is 1.24 bits per heavy atom. The van der Waals surface area contributed by atoms with Crippen molar-refractivity contribution in [2.24, 2.45) is 11.7 Å². The van der Waals surface area contributed by atoms with Gasteiger partial charge in [-0.3, -0.25) is 0 Å². The third-order valence-corrected chi connectivity index (χ3v) is 5.31. The molecule has 0 bridgehead atoms. The number of nitrogens with two attached hydrogens (primary N) is 1. The third-order valence-electron chi connectivity index (χ3n) is 4.30. The minimum Gasteiger partial charge on any atom is -0.351 e. The van der Waals surface area contributed by atoms with Gasteiger partial charge in [-0.05, 0) is 37.2 Å². The van der Waals surface area contributed by atoms with Gasteiger partial charge in [0, 0.05) is 24.1 Å². The number of carbonyl (C=O) groups excluding carboxylic acids is 1. The topological polar surface area (TPSA) is 46.3 Å². The van der Waals surface area contributed by atoms with Gasteiger partial charge in [0.25, 0.3) is 0 Å². The van der Waals surface area contributed by atoms with Crippen LogP contribution in [0.4, 0.5) is 4.79 Å². The van der Waals surface area contributed by atoms with Crippen molar-refractivity contribution in [3.05, 3.63) is 35.9 Å². The molecule has 21 heavy (non-hydrogen) atoms. The molecule has 1 aliphatic rings. The van der Waals surface area contributed by atoms with Crippen molar-refractivity contribution in [3.8, 4) is 0 Å². The van der Waals surface area contributed by atoms with Crippen molar-refractivity contribution >= 4 is 17.8 Å². The normalized spacial score (nSPS) is 22.0. The number of nitrogens with zero attached hydrogens (tertiary/aromatic N) is 1. The quantitative estimate of drug-likeness (QED) is 0.811. The molecule has 1 saturated carbocycles. The number of urea groups is 1. The number of benzene rings is 1. The second-order valence-corrected chi connectivity index (χ2v) is 7.09. The molecule has 0 saturated heterocycles. The smallest absolute Gasteiger partial charge is 0.315 e. The highest BCUT2D eigenvalue weighted by Gasteiger charge is 2.25. The molecular formula is C17H26N2OS. The lowest BCUT2D eigenvalue weighted by Gasteiger charge is -2.35. The molecule has 0 heterocycles. The molecule has 0 spiro atoms. The van der Waals surface area contributed by atoms with Gasteiger partial charge in [-0.15, -0.1) is 0 Å². The highest BCUT2D eigenvalue weighted by molar-refractivity contribution is 7.98. The van der Waals surface area contributed by atoms with Crippen LogP contribution in [-0.2, 0) is 5.75 Å². The molecule has 0 unspecified atom stereocenters. The molecule has 2 rings (SSSR count). The van der Waals surface area contributed by atoms with Crippen molar-refractivity contribution in [2.75, 3.05) is 12.3 Å². The van der Waals surface area contributed by atoms with Crippen LogP contribution in [-0.4, -0.2) is 29.3 Å². The number of carbonyl (C=O) groups is 1. The average molecular weight is 306 g/mol. The predicted octanol–water partition coefficient (Wildman–Crippen LogP) is 3.88. The maximum atomic E-state index is 11.7.